The molecular weight excluding hydrogens is 313 g/mol. The summed E-state index contributed by atoms with van der Waals surface area (Å²) in [6.07, 6.45) is 0. The molecule has 19 heavy (non-hydrogen) atoms. The van der Waals surface area contributed by atoms with Crippen LogP contribution in [0, 0.1) is 0 Å². The number of alkyl halides is 3. The second kappa shape index (κ2) is 4.64. The predicted molar refractivity (Wildman–Crippen MR) is 58.0 cm³/mol. The fourth-order valence-electron chi connectivity index (χ4n) is 1.27. The molecule has 1 heterocycles. The molecule has 10 heteroatoms. The Kier molecular flexibility index (Phi) is 3.43. The van der Waals surface area contributed by atoms with Crippen molar-refractivity contribution in [2.24, 2.45) is 0 Å². The molecule has 0 unspecified atom stereocenters. The molecule has 0 radical (unpaired) electrons. The van der Waals surface area contributed by atoms with Gasteiger partial charge in [0.2, 0.25) is 0 Å². The number of ether oxygens (including phenoxy) is 2. The second-order valence-corrected chi connectivity index (χ2v) is 5.35. The van der Waals surface area contributed by atoms with Gasteiger partial charge in [0.25, 0.3) is 0 Å². The first-order chi connectivity index (χ1) is 8.71. The highest BCUT2D eigenvalue weighted by atomic mass is 35.5. The van der Waals surface area contributed by atoms with Crippen molar-refractivity contribution in [3.8, 4) is 17.2 Å². The maximum absolute atomic E-state index is 12.2. The first kappa shape index (κ1) is 14.1. The molecule has 2 rings (SSSR count). The molecule has 1 aliphatic heterocycles. The molecule has 0 amide bonds. The Bertz CT molecular complexity index is 599. The van der Waals surface area contributed by atoms with Crippen molar-refractivity contribution < 1.29 is 35.2 Å². The Hall–Kier alpha value is -1.35. The number of benzene rings is 1. The quantitative estimate of drug-likeness (QED) is 0.618. The van der Waals surface area contributed by atoms with E-state index in [2.05, 4.69) is 4.18 Å². The third-order valence-electron chi connectivity index (χ3n) is 2.08. The van der Waals surface area contributed by atoms with Gasteiger partial charge in [-0.05, 0) is 0 Å². The van der Waals surface area contributed by atoms with Crippen LogP contribution in [0.25, 0.3) is 0 Å². The number of hydrogen-bond donors (Lipinski definition) is 0. The van der Waals surface area contributed by atoms with E-state index in [9.17, 15) is 21.6 Å². The summed E-state index contributed by atoms with van der Waals surface area (Å²) < 4.78 is 72.4. The summed E-state index contributed by atoms with van der Waals surface area (Å²) in [6.45, 7) is 0.435. The van der Waals surface area contributed by atoms with Crippen LogP contribution in [-0.4, -0.2) is 27.1 Å². The smallest absolute Gasteiger partial charge is 0.486 e. The van der Waals surface area contributed by atoms with Crippen LogP contribution in [0.4, 0.5) is 13.2 Å². The Morgan fingerprint density at radius 1 is 1.16 bits per heavy atom. The van der Waals surface area contributed by atoms with Crippen molar-refractivity contribution in [3.05, 3.63) is 17.2 Å². The summed E-state index contributed by atoms with van der Waals surface area (Å²) in [5.74, 6) is -0.417. The molecule has 0 saturated heterocycles. The van der Waals surface area contributed by atoms with Gasteiger partial charge in [0.1, 0.15) is 13.2 Å². The van der Waals surface area contributed by atoms with Gasteiger partial charge in [0, 0.05) is 12.1 Å². The predicted octanol–water partition coefficient (Wildman–Crippen LogP) is 2.34. The first-order valence-electron chi connectivity index (χ1n) is 4.80. The summed E-state index contributed by atoms with van der Waals surface area (Å²) in [5.41, 5.74) is -5.54. The van der Waals surface area contributed by atoms with Gasteiger partial charge in [-0.2, -0.15) is 21.6 Å². The molecule has 0 aromatic heterocycles. The maximum atomic E-state index is 12.2. The summed E-state index contributed by atoms with van der Waals surface area (Å²) in [6, 6.07) is 2.05. The van der Waals surface area contributed by atoms with E-state index in [1.165, 1.54) is 0 Å². The molecule has 0 atom stereocenters. The van der Waals surface area contributed by atoms with Gasteiger partial charge in [-0.1, -0.05) is 11.6 Å². The Morgan fingerprint density at radius 3 is 2.21 bits per heavy atom. The van der Waals surface area contributed by atoms with Crippen LogP contribution in [-0.2, 0) is 10.1 Å². The molecule has 0 N–H and O–H groups in total. The fraction of sp³-hybridized carbons (Fsp3) is 0.333. The highest BCUT2D eigenvalue weighted by molar-refractivity contribution is 7.88. The Balaban J connectivity index is 2.37. The minimum Gasteiger partial charge on any atom is -0.486 e. The lowest BCUT2D eigenvalue weighted by Crippen LogP contribution is -2.28. The van der Waals surface area contributed by atoms with Gasteiger partial charge in [-0.3, -0.25) is 0 Å². The van der Waals surface area contributed by atoms with Gasteiger partial charge in [0.05, 0.1) is 5.02 Å². The second-order valence-electron chi connectivity index (χ2n) is 3.41. The molecule has 1 aromatic rings. The number of hydrogen-bond acceptors (Lipinski definition) is 5. The minimum atomic E-state index is -5.78. The molecule has 0 bridgehead atoms. The highest BCUT2D eigenvalue weighted by Gasteiger charge is 2.49. The lowest BCUT2D eigenvalue weighted by Gasteiger charge is -2.19. The van der Waals surface area contributed by atoms with Gasteiger partial charge in [-0.15, -0.1) is 0 Å². The minimum absolute atomic E-state index is 0.0584. The van der Waals surface area contributed by atoms with Crippen LogP contribution in [0.5, 0.6) is 17.2 Å². The number of fused-ring (bicyclic) bond motifs is 1. The Morgan fingerprint density at radius 2 is 1.68 bits per heavy atom. The first-order valence-corrected chi connectivity index (χ1v) is 6.59. The zero-order valence-electron chi connectivity index (χ0n) is 9.03. The summed E-state index contributed by atoms with van der Waals surface area (Å²) in [4.78, 5) is 0. The number of rotatable bonds is 2. The van der Waals surface area contributed by atoms with Crippen LogP contribution >= 0.6 is 11.6 Å². The third-order valence-corrected chi connectivity index (χ3v) is 3.34. The van der Waals surface area contributed by atoms with Crippen molar-refractivity contribution in [2.45, 2.75) is 5.51 Å². The molecule has 5 nitrogen and oxygen atoms in total. The zero-order valence-corrected chi connectivity index (χ0v) is 10.6. The van der Waals surface area contributed by atoms with E-state index in [0.717, 1.165) is 12.1 Å². The fourth-order valence-corrected chi connectivity index (χ4v) is 1.98. The molecule has 0 saturated carbocycles. The van der Waals surface area contributed by atoms with E-state index in [1.807, 2.05) is 0 Å². The molecule has 1 aliphatic rings. The van der Waals surface area contributed by atoms with E-state index in [1.54, 1.807) is 0 Å². The van der Waals surface area contributed by atoms with Crippen molar-refractivity contribution in [2.75, 3.05) is 13.2 Å². The van der Waals surface area contributed by atoms with E-state index >= 15 is 0 Å². The van der Waals surface area contributed by atoms with Crippen LogP contribution in [0.15, 0.2) is 12.1 Å². The van der Waals surface area contributed by atoms with Crippen molar-refractivity contribution in [1.82, 2.24) is 0 Å². The monoisotopic (exact) mass is 318 g/mol. The van der Waals surface area contributed by atoms with Crippen LogP contribution in [0.1, 0.15) is 0 Å². The van der Waals surface area contributed by atoms with E-state index in [0.29, 0.717) is 0 Å². The normalized spacial score (nSPS) is 15.2. The van der Waals surface area contributed by atoms with Crippen LogP contribution in [0.2, 0.25) is 5.02 Å². The van der Waals surface area contributed by atoms with Crippen molar-refractivity contribution >= 4 is 21.7 Å². The average Bonchev–Trinajstić information content (AvgIpc) is 2.28. The van der Waals surface area contributed by atoms with Crippen LogP contribution in [0.3, 0.4) is 0 Å². The third kappa shape index (κ3) is 2.81. The van der Waals surface area contributed by atoms with E-state index in [4.69, 9.17) is 21.1 Å². The number of halogens is 4. The van der Waals surface area contributed by atoms with Crippen molar-refractivity contribution in [1.29, 1.82) is 0 Å². The van der Waals surface area contributed by atoms with E-state index in [-0.39, 0.29) is 29.7 Å². The van der Waals surface area contributed by atoms with Gasteiger partial charge >= 0.3 is 15.6 Å². The molecule has 0 spiro atoms. The van der Waals surface area contributed by atoms with Gasteiger partial charge in [0.15, 0.2) is 17.2 Å². The lowest BCUT2D eigenvalue weighted by molar-refractivity contribution is -0.0500. The topological polar surface area (TPSA) is 61.8 Å². The summed E-state index contributed by atoms with van der Waals surface area (Å²) >= 11 is 5.62. The lowest BCUT2D eigenvalue weighted by atomic mass is 10.3. The van der Waals surface area contributed by atoms with Gasteiger partial charge in [-0.25, -0.2) is 0 Å². The SMILES string of the molecule is O=S(=O)(Oc1cc2c(cc1Cl)OCCO2)C(F)(F)F. The molecule has 0 fully saturated rings. The Labute approximate surface area is 110 Å². The van der Waals surface area contributed by atoms with Gasteiger partial charge < -0.3 is 13.7 Å². The summed E-state index contributed by atoms with van der Waals surface area (Å²) in [7, 11) is -5.78. The highest BCUT2D eigenvalue weighted by Crippen LogP contribution is 2.40. The maximum Gasteiger partial charge on any atom is 0.534 e. The standard InChI is InChI=1S/C9H6ClF3O5S/c10-5-3-7-8(17-2-1-16-7)4-6(5)18-19(14,15)9(11,12)13/h3-4H,1-2H2. The zero-order chi connectivity index (χ0) is 14.3. The largest absolute Gasteiger partial charge is 0.534 e. The summed E-state index contributed by atoms with van der Waals surface area (Å²) in [5, 5.41) is -0.336. The van der Waals surface area contributed by atoms with E-state index < -0.39 is 21.4 Å². The van der Waals surface area contributed by atoms with Crippen LogP contribution < -0.4 is 13.7 Å². The van der Waals surface area contributed by atoms with Crippen molar-refractivity contribution in [3.63, 3.8) is 0 Å². The average molecular weight is 319 g/mol. The molecular formula is C9H6ClF3O5S. The molecule has 106 valence electrons. The molecule has 0 aliphatic carbocycles. The molecule has 1 aromatic carbocycles.